The lowest BCUT2D eigenvalue weighted by molar-refractivity contribution is -0.326. The van der Waals surface area contributed by atoms with E-state index in [0.717, 1.165) is 0 Å². The van der Waals surface area contributed by atoms with Gasteiger partial charge >= 0.3 is 0 Å². The molecule has 1 aliphatic heterocycles. The molecule has 142 valence electrons. The van der Waals surface area contributed by atoms with Crippen molar-refractivity contribution in [2.45, 2.75) is 55.1 Å². The van der Waals surface area contributed by atoms with Gasteiger partial charge in [-0.25, -0.2) is 0 Å². The average molecular weight is 357 g/mol. The highest BCUT2D eigenvalue weighted by Crippen LogP contribution is 2.24. The van der Waals surface area contributed by atoms with E-state index < -0.39 is 74.2 Å². The molecule has 0 bridgehead atoms. The van der Waals surface area contributed by atoms with Crippen molar-refractivity contribution in [1.82, 2.24) is 0 Å². The minimum absolute atomic E-state index is 0.746. The Morgan fingerprint density at radius 1 is 1.08 bits per heavy atom. The van der Waals surface area contributed by atoms with E-state index in [1.165, 1.54) is 0 Å². The molecule has 0 aromatic heterocycles. The molecule has 12 nitrogen and oxygen atoms in total. The molecule has 0 spiro atoms. The van der Waals surface area contributed by atoms with Crippen molar-refractivity contribution < 1.29 is 55.1 Å². The van der Waals surface area contributed by atoms with Gasteiger partial charge in [-0.3, -0.25) is 4.79 Å². The van der Waals surface area contributed by atoms with Gasteiger partial charge in [0.05, 0.1) is 13.2 Å². The number of rotatable bonds is 8. The Bertz CT molecular complexity index is 408. The summed E-state index contributed by atoms with van der Waals surface area (Å²) in [4.78, 5) is 10.9. The van der Waals surface area contributed by atoms with Crippen LogP contribution in [0.4, 0.5) is 0 Å². The maximum absolute atomic E-state index is 10.9. The van der Waals surface area contributed by atoms with Gasteiger partial charge in [0.25, 0.3) is 0 Å². The Morgan fingerprint density at radius 2 is 1.67 bits per heavy atom. The first kappa shape index (κ1) is 21.1. The van der Waals surface area contributed by atoms with Gasteiger partial charge in [-0.15, -0.1) is 0 Å². The first-order valence-electron chi connectivity index (χ1n) is 7.06. The predicted octanol–water partition coefficient (Wildman–Crippen LogP) is -6.27. The Hall–Kier alpha value is -0.930. The summed E-state index contributed by atoms with van der Waals surface area (Å²) in [5.74, 6) is -1.34. The number of primary amides is 1. The molecule has 1 amide bonds. The molecule has 24 heavy (non-hydrogen) atoms. The maximum Gasteiger partial charge on any atom is 0.249 e. The molecule has 1 aliphatic rings. The zero-order chi connectivity index (χ0) is 18.6. The van der Waals surface area contributed by atoms with Gasteiger partial charge in [-0.05, 0) is 0 Å². The molecule has 0 aliphatic carbocycles. The van der Waals surface area contributed by atoms with E-state index in [0.29, 0.717) is 0 Å². The lowest BCUT2D eigenvalue weighted by atomic mass is 9.98. The molecule has 1 heterocycles. The van der Waals surface area contributed by atoms with Crippen LogP contribution in [0.25, 0.3) is 0 Å². The summed E-state index contributed by atoms with van der Waals surface area (Å²) in [7, 11) is 0. The van der Waals surface area contributed by atoms with Gasteiger partial charge in [-0.2, -0.15) is 0 Å². The molecular formula is C12H23NO11. The average Bonchev–Trinajstić information content (AvgIpc) is 2.57. The molecule has 1 fully saturated rings. The number of carbonyl (C=O) groups excluding carboxylic acids is 1. The third kappa shape index (κ3) is 4.58. The highest BCUT2D eigenvalue weighted by molar-refractivity contribution is 5.79. The summed E-state index contributed by atoms with van der Waals surface area (Å²) < 4.78 is 10.1. The smallest absolute Gasteiger partial charge is 0.249 e. The van der Waals surface area contributed by atoms with Crippen molar-refractivity contribution in [2.75, 3.05) is 13.2 Å². The third-order valence-electron chi connectivity index (χ3n) is 3.66. The van der Waals surface area contributed by atoms with Gasteiger partial charge in [0, 0.05) is 0 Å². The van der Waals surface area contributed by atoms with Crippen LogP contribution >= 0.6 is 0 Å². The Kier molecular flexibility index (Phi) is 7.88. The molecule has 0 saturated carbocycles. The second-order valence-electron chi connectivity index (χ2n) is 5.39. The number of hydrogen-bond acceptors (Lipinski definition) is 11. The lowest BCUT2D eigenvalue weighted by Gasteiger charge is -2.42. The number of nitrogens with two attached hydrogens (primary N) is 1. The van der Waals surface area contributed by atoms with E-state index >= 15 is 0 Å². The van der Waals surface area contributed by atoms with E-state index in [-0.39, 0.29) is 0 Å². The number of aliphatic hydroxyl groups excluding tert-OH is 8. The molecule has 9 atom stereocenters. The van der Waals surface area contributed by atoms with Gasteiger partial charge < -0.3 is 56.1 Å². The Morgan fingerprint density at radius 3 is 2.12 bits per heavy atom. The van der Waals surface area contributed by atoms with Gasteiger partial charge in [0.1, 0.15) is 42.7 Å². The minimum atomic E-state index is -2.17. The second-order valence-corrected chi connectivity index (χ2v) is 5.39. The fraction of sp³-hybridized carbons (Fsp3) is 0.917. The molecule has 0 aromatic rings. The largest absolute Gasteiger partial charge is 0.394 e. The fourth-order valence-corrected chi connectivity index (χ4v) is 2.19. The normalized spacial score (nSPS) is 35.9. The van der Waals surface area contributed by atoms with Gasteiger partial charge in [0.15, 0.2) is 12.4 Å². The van der Waals surface area contributed by atoms with Crippen molar-refractivity contribution in [3.63, 3.8) is 0 Å². The summed E-state index contributed by atoms with van der Waals surface area (Å²) in [6.07, 6.45) is -16.3. The molecule has 6 unspecified atom stereocenters. The van der Waals surface area contributed by atoms with Crippen LogP contribution in [0.3, 0.4) is 0 Å². The fourth-order valence-electron chi connectivity index (χ4n) is 2.19. The molecule has 12 heteroatoms. The Balaban J connectivity index is 2.94. The zero-order valence-corrected chi connectivity index (χ0v) is 12.5. The number of carbonyl (C=O) groups is 1. The first-order valence-corrected chi connectivity index (χ1v) is 7.06. The van der Waals surface area contributed by atoms with E-state index in [4.69, 9.17) is 25.4 Å². The molecule has 1 rings (SSSR count). The lowest BCUT2D eigenvalue weighted by Crippen LogP contribution is -2.62. The maximum atomic E-state index is 10.9. The number of ether oxygens (including phenoxy) is 2. The van der Waals surface area contributed by atoms with Crippen LogP contribution in [-0.4, -0.2) is 115 Å². The number of amides is 1. The van der Waals surface area contributed by atoms with E-state index in [1.807, 2.05) is 0 Å². The topological polar surface area (TPSA) is 223 Å². The molecule has 0 radical (unpaired) electrons. The standard InChI is InChI=1S/C12H23NO11/c13-11(22)8(20)7(19)10(3(16)1-14)24-12-9(21)6(18)5(17)4(2-15)23-12/h3-10,12,14-21H,1-2H2,(H2,13,22)/t3?,4?,5-,6?,7?,8?,9?,10+,12-/m0/s1. The van der Waals surface area contributed by atoms with Crippen molar-refractivity contribution >= 4 is 5.91 Å². The quantitative estimate of drug-likeness (QED) is 0.198. The second kappa shape index (κ2) is 8.96. The summed E-state index contributed by atoms with van der Waals surface area (Å²) >= 11 is 0. The predicted molar refractivity (Wildman–Crippen MR) is 72.9 cm³/mol. The third-order valence-corrected chi connectivity index (χ3v) is 3.66. The molecule has 10 N–H and O–H groups in total. The van der Waals surface area contributed by atoms with Crippen LogP contribution in [0.1, 0.15) is 0 Å². The summed E-state index contributed by atoms with van der Waals surface area (Å²) in [5, 5.41) is 76.2. The highest BCUT2D eigenvalue weighted by atomic mass is 16.7. The SMILES string of the molecule is NC(=O)C(O)C(O)[C@H](O[C@@H]1OC(CO)[C@H](O)C(O)C1O)C(O)CO. The van der Waals surface area contributed by atoms with Crippen LogP contribution in [0.15, 0.2) is 0 Å². The number of hydrogen-bond donors (Lipinski definition) is 9. The van der Waals surface area contributed by atoms with Crippen molar-refractivity contribution in [2.24, 2.45) is 5.73 Å². The van der Waals surface area contributed by atoms with Crippen LogP contribution < -0.4 is 5.73 Å². The van der Waals surface area contributed by atoms with Crippen molar-refractivity contribution in [3.05, 3.63) is 0 Å². The van der Waals surface area contributed by atoms with Gasteiger partial charge in [0.2, 0.25) is 5.91 Å². The zero-order valence-electron chi connectivity index (χ0n) is 12.5. The van der Waals surface area contributed by atoms with Crippen LogP contribution in [0.2, 0.25) is 0 Å². The number of aliphatic hydroxyl groups is 8. The summed E-state index contributed by atoms with van der Waals surface area (Å²) in [6.45, 7) is -1.70. The molecular weight excluding hydrogens is 334 g/mol. The van der Waals surface area contributed by atoms with Crippen molar-refractivity contribution in [3.8, 4) is 0 Å². The molecule has 0 aromatic carbocycles. The monoisotopic (exact) mass is 357 g/mol. The highest BCUT2D eigenvalue weighted by Gasteiger charge is 2.47. The summed E-state index contributed by atoms with van der Waals surface area (Å²) in [5.41, 5.74) is 4.83. The van der Waals surface area contributed by atoms with E-state index in [1.54, 1.807) is 0 Å². The first-order chi connectivity index (χ1) is 11.1. The van der Waals surface area contributed by atoms with Crippen LogP contribution in [-0.2, 0) is 14.3 Å². The molecule has 1 saturated heterocycles. The summed E-state index contributed by atoms with van der Waals surface area (Å²) in [6, 6.07) is 0. The van der Waals surface area contributed by atoms with Crippen LogP contribution in [0, 0.1) is 0 Å². The van der Waals surface area contributed by atoms with Crippen molar-refractivity contribution in [1.29, 1.82) is 0 Å². The minimum Gasteiger partial charge on any atom is -0.394 e. The Labute approximate surface area is 136 Å². The van der Waals surface area contributed by atoms with E-state index in [9.17, 15) is 35.4 Å². The van der Waals surface area contributed by atoms with Gasteiger partial charge in [-0.1, -0.05) is 0 Å². The van der Waals surface area contributed by atoms with E-state index in [2.05, 4.69) is 0 Å². The van der Waals surface area contributed by atoms with Crippen LogP contribution in [0.5, 0.6) is 0 Å².